The van der Waals surface area contributed by atoms with E-state index in [9.17, 15) is 0 Å². The lowest BCUT2D eigenvalue weighted by atomic mass is 10.1. The zero-order valence-corrected chi connectivity index (χ0v) is 11.3. The predicted molar refractivity (Wildman–Crippen MR) is 71.0 cm³/mol. The van der Waals surface area contributed by atoms with Gasteiger partial charge in [-0.3, -0.25) is 9.97 Å². The van der Waals surface area contributed by atoms with Gasteiger partial charge in [0.05, 0.1) is 11.4 Å². The van der Waals surface area contributed by atoms with Crippen LogP contribution in [0.25, 0.3) is 17.0 Å². The highest BCUT2D eigenvalue weighted by Crippen LogP contribution is 2.42. The van der Waals surface area contributed by atoms with Gasteiger partial charge in [-0.15, -0.1) is 0 Å². The van der Waals surface area contributed by atoms with Crippen molar-refractivity contribution in [3.63, 3.8) is 0 Å². The van der Waals surface area contributed by atoms with Crippen molar-refractivity contribution in [3.05, 3.63) is 51.2 Å². The molecule has 0 fully saturated rings. The molecule has 0 spiro atoms. The molecular weight excluding hydrogens is 332 g/mol. The lowest BCUT2D eigenvalue weighted by molar-refractivity contribution is 1.24. The van der Waals surface area contributed by atoms with E-state index in [1.807, 2.05) is 12.1 Å². The molecule has 16 heavy (non-hydrogen) atoms. The summed E-state index contributed by atoms with van der Waals surface area (Å²) in [4.78, 5) is 8.79. The molecule has 2 heterocycles. The Bertz CT molecular complexity index is 567. The molecule has 3 rings (SSSR count). The van der Waals surface area contributed by atoms with Crippen molar-refractivity contribution in [2.45, 2.75) is 0 Å². The Labute approximate surface area is 110 Å². The second-order valence-electron chi connectivity index (χ2n) is 3.58. The third kappa shape index (κ3) is 1.37. The van der Waals surface area contributed by atoms with Gasteiger partial charge in [0.2, 0.25) is 0 Å². The summed E-state index contributed by atoms with van der Waals surface area (Å²) in [5.74, 6) is 0. The maximum Gasteiger partial charge on any atom is 0.0971 e. The molecular formula is C12H6Br2N2. The molecule has 2 aromatic rings. The highest BCUT2D eigenvalue weighted by molar-refractivity contribution is 9.10. The fraction of sp³-hybridized carbons (Fsp3) is 0. The maximum absolute atomic E-state index is 4.39. The van der Waals surface area contributed by atoms with Gasteiger partial charge in [0, 0.05) is 32.5 Å². The molecule has 78 valence electrons. The second-order valence-corrected chi connectivity index (χ2v) is 5.41. The Morgan fingerprint density at radius 1 is 0.875 bits per heavy atom. The number of rotatable bonds is 0. The van der Waals surface area contributed by atoms with Crippen LogP contribution in [0.1, 0.15) is 11.1 Å². The van der Waals surface area contributed by atoms with Gasteiger partial charge in [0.1, 0.15) is 0 Å². The van der Waals surface area contributed by atoms with E-state index in [0.717, 1.165) is 37.0 Å². The molecule has 0 radical (unpaired) electrons. The molecule has 4 heteroatoms. The van der Waals surface area contributed by atoms with Crippen LogP contribution in [-0.2, 0) is 0 Å². The zero-order valence-electron chi connectivity index (χ0n) is 8.17. The van der Waals surface area contributed by atoms with Gasteiger partial charge in [-0.2, -0.15) is 0 Å². The van der Waals surface area contributed by atoms with Crippen molar-refractivity contribution in [1.82, 2.24) is 9.97 Å². The summed E-state index contributed by atoms with van der Waals surface area (Å²) in [6.45, 7) is 4.10. The highest BCUT2D eigenvalue weighted by Gasteiger charge is 2.24. The number of hydrogen-bond donors (Lipinski definition) is 0. The number of hydrogen-bond acceptors (Lipinski definition) is 2. The minimum absolute atomic E-state index is 0.913. The summed E-state index contributed by atoms with van der Waals surface area (Å²) in [5, 5.41) is 0. The van der Waals surface area contributed by atoms with Crippen molar-refractivity contribution in [1.29, 1.82) is 0 Å². The van der Waals surface area contributed by atoms with Crippen LogP contribution in [0.5, 0.6) is 0 Å². The van der Waals surface area contributed by atoms with Crippen LogP contribution in [-0.4, -0.2) is 9.97 Å². The average molecular weight is 338 g/mol. The molecule has 0 bridgehead atoms. The van der Waals surface area contributed by atoms with Crippen molar-refractivity contribution >= 4 is 37.4 Å². The summed E-state index contributed by atoms with van der Waals surface area (Å²) >= 11 is 6.84. The Balaban J connectivity index is 2.34. The summed E-state index contributed by atoms with van der Waals surface area (Å²) < 4.78 is 1.92. The monoisotopic (exact) mass is 336 g/mol. The Kier molecular flexibility index (Phi) is 2.23. The minimum atomic E-state index is 0.913. The van der Waals surface area contributed by atoms with Crippen LogP contribution in [0, 0.1) is 0 Å². The first-order chi connectivity index (χ1) is 7.66. The van der Waals surface area contributed by atoms with Crippen LogP contribution in [0.2, 0.25) is 0 Å². The van der Waals surface area contributed by atoms with Gasteiger partial charge < -0.3 is 0 Å². The first kappa shape index (κ1) is 10.2. The summed E-state index contributed by atoms with van der Waals surface area (Å²) in [6, 6.07) is 4.06. The van der Waals surface area contributed by atoms with E-state index in [0.29, 0.717) is 0 Å². The van der Waals surface area contributed by atoms with Gasteiger partial charge >= 0.3 is 0 Å². The van der Waals surface area contributed by atoms with Crippen LogP contribution in [0.3, 0.4) is 0 Å². The van der Waals surface area contributed by atoms with Crippen LogP contribution < -0.4 is 0 Å². The van der Waals surface area contributed by atoms with E-state index in [4.69, 9.17) is 0 Å². The van der Waals surface area contributed by atoms with E-state index in [-0.39, 0.29) is 0 Å². The number of fused-ring (bicyclic) bond motifs is 3. The fourth-order valence-corrected chi connectivity index (χ4v) is 2.52. The van der Waals surface area contributed by atoms with Gasteiger partial charge in [-0.1, -0.05) is 6.58 Å². The van der Waals surface area contributed by atoms with Crippen molar-refractivity contribution in [3.8, 4) is 11.4 Å². The summed E-state index contributed by atoms with van der Waals surface area (Å²) in [5.41, 5.74) is 4.91. The van der Waals surface area contributed by atoms with Gasteiger partial charge in [0.15, 0.2) is 0 Å². The van der Waals surface area contributed by atoms with Crippen LogP contribution >= 0.6 is 31.9 Å². The van der Waals surface area contributed by atoms with Crippen LogP contribution in [0.4, 0.5) is 0 Å². The molecule has 1 aliphatic rings. The largest absolute Gasteiger partial charge is 0.253 e. The average Bonchev–Trinajstić information content (AvgIpc) is 2.53. The third-order valence-corrected chi connectivity index (χ3v) is 3.45. The lowest BCUT2D eigenvalue weighted by Crippen LogP contribution is -1.86. The van der Waals surface area contributed by atoms with E-state index in [2.05, 4.69) is 48.4 Å². The molecule has 2 aromatic heterocycles. The zero-order chi connectivity index (χ0) is 11.3. The second kappa shape index (κ2) is 3.50. The normalized spacial score (nSPS) is 12.5. The first-order valence-electron chi connectivity index (χ1n) is 4.68. The minimum Gasteiger partial charge on any atom is -0.253 e. The Morgan fingerprint density at radius 2 is 1.31 bits per heavy atom. The molecule has 2 nitrogen and oxygen atoms in total. The number of halogens is 2. The van der Waals surface area contributed by atoms with Crippen molar-refractivity contribution in [2.24, 2.45) is 0 Å². The number of aromatic nitrogens is 2. The third-order valence-electron chi connectivity index (χ3n) is 2.58. The van der Waals surface area contributed by atoms with Crippen LogP contribution in [0.15, 0.2) is 40.1 Å². The van der Waals surface area contributed by atoms with Gasteiger partial charge in [-0.05, 0) is 49.6 Å². The highest BCUT2D eigenvalue weighted by atomic mass is 79.9. The molecule has 1 aliphatic carbocycles. The van der Waals surface area contributed by atoms with E-state index in [1.165, 1.54) is 0 Å². The fourth-order valence-electron chi connectivity index (χ4n) is 1.86. The SMILES string of the molecule is C=C1c2cc(Br)cnc2-c2ncc(Br)cc21. The maximum atomic E-state index is 4.39. The summed E-state index contributed by atoms with van der Waals surface area (Å²) in [7, 11) is 0. The van der Waals surface area contributed by atoms with Gasteiger partial charge in [-0.25, -0.2) is 0 Å². The quantitative estimate of drug-likeness (QED) is 0.618. The first-order valence-corrected chi connectivity index (χ1v) is 6.26. The Hall–Kier alpha value is -1.000. The van der Waals surface area contributed by atoms with E-state index < -0.39 is 0 Å². The number of pyridine rings is 2. The van der Waals surface area contributed by atoms with E-state index >= 15 is 0 Å². The molecule has 0 saturated carbocycles. The topological polar surface area (TPSA) is 25.8 Å². The van der Waals surface area contributed by atoms with Crippen molar-refractivity contribution < 1.29 is 0 Å². The smallest absolute Gasteiger partial charge is 0.0971 e. The predicted octanol–water partition coefficient (Wildman–Crippen LogP) is 4.04. The van der Waals surface area contributed by atoms with Gasteiger partial charge in [0.25, 0.3) is 0 Å². The lowest BCUT2D eigenvalue weighted by Gasteiger charge is -1.98. The molecule has 0 amide bonds. The van der Waals surface area contributed by atoms with Crippen molar-refractivity contribution in [2.75, 3.05) is 0 Å². The Morgan fingerprint density at radius 3 is 1.75 bits per heavy atom. The number of nitrogens with zero attached hydrogens (tertiary/aromatic N) is 2. The molecule has 0 unspecified atom stereocenters. The molecule has 0 atom stereocenters. The molecule has 0 saturated heterocycles. The standard InChI is InChI=1S/C12H6Br2N2/c1-6-9-2-7(13)4-15-11(9)12-10(6)3-8(14)5-16-12/h2-5H,1H2. The molecule has 0 aliphatic heterocycles. The molecule has 0 aromatic carbocycles. The molecule has 0 N–H and O–H groups in total. The summed E-state index contributed by atoms with van der Waals surface area (Å²) in [6.07, 6.45) is 3.57. The van der Waals surface area contributed by atoms with E-state index in [1.54, 1.807) is 12.4 Å².